The molecular formula is C33H52O11. The van der Waals surface area contributed by atoms with Crippen LogP contribution in [0.1, 0.15) is 80.1 Å². The number of aliphatic hydroxyl groups is 6. The fraction of sp³-hybridized carbons (Fsp3) is 0.909. The Labute approximate surface area is 259 Å². The molecule has 3 aliphatic carbocycles. The van der Waals surface area contributed by atoms with E-state index in [-0.39, 0.29) is 53.7 Å². The predicted octanol–water partition coefficient (Wildman–Crippen LogP) is 1.19. The van der Waals surface area contributed by atoms with Gasteiger partial charge >= 0.3 is 5.97 Å². The highest BCUT2D eigenvalue weighted by atomic mass is 16.7. The van der Waals surface area contributed by atoms with Gasteiger partial charge in [0.15, 0.2) is 6.29 Å². The van der Waals surface area contributed by atoms with Crippen LogP contribution in [0.15, 0.2) is 11.6 Å². The Morgan fingerprint density at radius 2 is 1.80 bits per heavy atom. The van der Waals surface area contributed by atoms with E-state index < -0.39 is 60.2 Å². The molecule has 0 unspecified atom stereocenters. The van der Waals surface area contributed by atoms with Crippen molar-refractivity contribution in [3.05, 3.63) is 11.6 Å². The summed E-state index contributed by atoms with van der Waals surface area (Å²) < 4.78 is 24.4. The fourth-order valence-corrected chi connectivity index (χ4v) is 9.69. The van der Waals surface area contributed by atoms with E-state index in [0.29, 0.717) is 18.8 Å². The van der Waals surface area contributed by atoms with E-state index in [9.17, 15) is 35.4 Å². The standard InChI is InChI=1S/C33H52O11/c1-15(20(13-32(6,40)30(3,4)39)41-29-26(38)25(37)24(36)21(14-34)42-29)18-7-8-19-23-17(9-11-31(18,19)5)16(2)33(28-27(23)43-28)12-10-22(35)44-33/h9,15-16,18-21,23-29,34,36-40H,7-8,10-14H2,1-6H3/t15-,16-,18+,19-,20+,21+,23+,24+,25-,26+,27-,28-,29+,31+,32-,33+/m0/s1. The number of rotatable bonds is 8. The van der Waals surface area contributed by atoms with Crippen molar-refractivity contribution in [1.29, 1.82) is 0 Å². The first-order valence-corrected chi connectivity index (χ1v) is 16.4. The average molecular weight is 625 g/mol. The lowest BCUT2D eigenvalue weighted by molar-refractivity contribution is -0.320. The van der Waals surface area contributed by atoms with Crippen LogP contribution >= 0.6 is 0 Å². The van der Waals surface area contributed by atoms with Crippen molar-refractivity contribution in [1.82, 2.24) is 0 Å². The third-order valence-corrected chi connectivity index (χ3v) is 13.0. The number of aliphatic hydroxyl groups excluding tert-OH is 4. The highest BCUT2D eigenvalue weighted by Crippen LogP contribution is 2.68. The molecule has 11 heteroatoms. The third kappa shape index (κ3) is 4.92. The SMILES string of the molecule is C[C@@H]([C@H]1CC[C@H]2[C@H]3C(=CC[C@]12C)[C@H](C)[C@]1(CCC(=O)O1)[C@H]1O[C@@H]31)[C@@H](C[C@](C)(O)C(C)(C)O)O[C@@H]1O[C@H](CO)[C@@H](O)[C@H](O)[C@H]1O. The van der Waals surface area contributed by atoms with Gasteiger partial charge in [0.1, 0.15) is 36.1 Å². The number of carbonyl (C=O) groups excluding carboxylic acids is 1. The molecule has 44 heavy (non-hydrogen) atoms. The number of epoxide rings is 1. The maximum atomic E-state index is 12.2. The predicted molar refractivity (Wildman–Crippen MR) is 156 cm³/mol. The molecule has 1 spiro atoms. The normalized spacial score (nSPS) is 49.3. The largest absolute Gasteiger partial charge is 0.456 e. The molecule has 16 atom stereocenters. The van der Waals surface area contributed by atoms with E-state index in [0.717, 1.165) is 19.3 Å². The van der Waals surface area contributed by atoms with Gasteiger partial charge in [0.05, 0.1) is 30.0 Å². The Kier molecular flexibility index (Phi) is 8.16. The van der Waals surface area contributed by atoms with Gasteiger partial charge in [-0.25, -0.2) is 0 Å². The summed E-state index contributed by atoms with van der Waals surface area (Å²) in [6.07, 6.45) is -1.70. The summed E-state index contributed by atoms with van der Waals surface area (Å²) in [6, 6.07) is 0. The fourth-order valence-electron chi connectivity index (χ4n) is 9.69. The van der Waals surface area contributed by atoms with Crippen LogP contribution in [0.5, 0.6) is 0 Å². The van der Waals surface area contributed by atoms with E-state index >= 15 is 0 Å². The lowest BCUT2D eigenvalue weighted by Gasteiger charge is -2.52. The third-order valence-electron chi connectivity index (χ3n) is 13.0. The second-order valence-corrected chi connectivity index (χ2v) is 15.7. The number of ether oxygens (including phenoxy) is 4. The minimum atomic E-state index is -1.59. The number of fused-ring (bicyclic) bond motifs is 6. The summed E-state index contributed by atoms with van der Waals surface area (Å²) in [4.78, 5) is 12.2. The molecule has 6 rings (SSSR count). The maximum absolute atomic E-state index is 12.2. The zero-order chi connectivity index (χ0) is 32.1. The molecular weight excluding hydrogens is 572 g/mol. The van der Waals surface area contributed by atoms with E-state index in [2.05, 4.69) is 26.8 Å². The molecule has 0 radical (unpaired) electrons. The zero-order valence-corrected chi connectivity index (χ0v) is 26.8. The van der Waals surface area contributed by atoms with Crippen molar-refractivity contribution < 1.29 is 54.4 Å². The van der Waals surface area contributed by atoms with Gasteiger partial charge in [-0.1, -0.05) is 32.4 Å². The van der Waals surface area contributed by atoms with Crippen molar-refractivity contribution in [2.75, 3.05) is 6.61 Å². The van der Waals surface area contributed by atoms with Crippen molar-refractivity contribution in [2.45, 2.75) is 146 Å². The second-order valence-electron chi connectivity index (χ2n) is 15.7. The average Bonchev–Trinajstić information content (AvgIpc) is 3.55. The van der Waals surface area contributed by atoms with Gasteiger partial charge < -0.3 is 49.6 Å². The van der Waals surface area contributed by atoms with E-state index in [1.807, 2.05) is 0 Å². The molecule has 3 saturated heterocycles. The molecule has 6 N–H and O–H groups in total. The van der Waals surface area contributed by atoms with Crippen LogP contribution in [0.4, 0.5) is 0 Å². The summed E-state index contributed by atoms with van der Waals surface area (Å²) in [5, 5.41) is 63.5. The molecule has 2 saturated carbocycles. The van der Waals surface area contributed by atoms with Crippen LogP contribution in [0.3, 0.4) is 0 Å². The minimum absolute atomic E-state index is 0.0210. The number of hydrogen-bond acceptors (Lipinski definition) is 11. The van der Waals surface area contributed by atoms with Gasteiger partial charge in [0, 0.05) is 31.1 Å². The Hall–Kier alpha value is -1.15. The molecule has 0 amide bonds. The first-order valence-electron chi connectivity index (χ1n) is 16.4. The minimum Gasteiger partial charge on any atom is -0.456 e. The Bertz CT molecular complexity index is 1150. The van der Waals surface area contributed by atoms with Crippen molar-refractivity contribution in [3.8, 4) is 0 Å². The first kappa shape index (κ1) is 32.8. The van der Waals surface area contributed by atoms with Gasteiger partial charge in [-0.15, -0.1) is 0 Å². The molecule has 0 aromatic carbocycles. The topological polar surface area (TPSA) is 179 Å². The van der Waals surface area contributed by atoms with E-state index in [4.69, 9.17) is 18.9 Å². The lowest BCUT2D eigenvalue weighted by atomic mass is 9.53. The zero-order valence-electron chi connectivity index (χ0n) is 26.8. The first-order chi connectivity index (χ1) is 20.5. The van der Waals surface area contributed by atoms with Crippen molar-refractivity contribution >= 4 is 5.97 Å². The van der Waals surface area contributed by atoms with Gasteiger partial charge in [-0.2, -0.15) is 0 Å². The van der Waals surface area contributed by atoms with Crippen LogP contribution in [0, 0.1) is 35.0 Å². The summed E-state index contributed by atoms with van der Waals surface area (Å²) in [6.45, 7) is 10.6. The van der Waals surface area contributed by atoms with Gasteiger partial charge in [0.2, 0.25) is 0 Å². The molecule has 11 nitrogen and oxygen atoms in total. The van der Waals surface area contributed by atoms with Crippen LogP contribution < -0.4 is 0 Å². The van der Waals surface area contributed by atoms with Crippen LogP contribution in [-0.4, -0.2) is 109 Å². The molecule has 0 aromatic rings. The number of carbonyl (C=O) groups is 1. The van der Waals surface area contributed by atoms with Crippen LogP contribution in [0.25, 0.3) is 0 Å². The molecule has 0 aromatic heterocycles. The van der Waals surface area contributed by atoms with Crippen molar-refractivity contribution in [2.24, 2.45) is 35.0 Å². The molecule has 0 bridgehead atoms. The molecule has 250 valence electrons. The van der Waals surface area contributed by atoms with Gasteiger partial charge in [0.25, 0.3) is 0 Å². The van der Waals surface area contributed by atoms with Crippen LogP contribution in [-0.2, 0) is 23.7 Å². The van der Waals surface area contributed by atoms with Crippen molar-refractivity contribution in [3.63, 3.8) is 0 Å². The summed E-state index contributed by atoms with van der Waals surface area (Å²) in [5.74, 6) is 0.497. The highest BCUT2D eigenvalue weighted by Gasteiger charge is 2.72. The monoisotopic (exact) mass is 624 g/mol. The summed E-state index contributed by atoms with van der Waals surface area (Å²) in [7, 11) is 0. The Morgan fingerprint density at radius 3 is 2.41 bits per heavy atom. The molecule has 3 aliphatic heterocycles. The Balaban J connectivity index is 1.27. The quantitative estimate of drug-likeness (QED) is 0.130. The Morgan fingerprint density at radius 1 is 1.09 bits per heavy atom. The number of esters is 1. The second kappa shape index (κ2) is 11.0. The summed E-state index contributed by atoms with van der Waals surface area (Å²) >= 11 is 0. The highest BCUT2D eigenvalue weighted by molar-refractivity contribution is 5.73. The molecule has 5 fully saturated rings. The summed E-state index contributed by atoms with van der Waals surface area (Å²) in [5.41, 5.74) is -2.38. The molecule has 3 heterocycles. The number of allylic oxidation sites excluding steroid dienone is 1. The van der Waals surface area contributed by atoms with Crippen LogP contribution in [0.2, 0.25) is 0 Å². The van der Waals surface area contributed by atoms with Gasteiger partial charge in [-0.05, 0) is 63.2 Å². The number of hydrogen-bond donors (Lipinski definition) is 6. The van der Waals surface area contributed by atoms with E-state index in [1.165, 1.54) is 19.4 Å². The van der Waals surface area contributed by atoms with Gasteiger partial charge in [-0.3, -0.25) is 4.79 Å². The lowest BCUT2D eigenvalue weighted by Crippen LogP contribution is -2.61. The smallest absolute Gasteiger partial charge is 0.306 e. The van der Waals surface area contributed by atoms with E-state index in [1.54, 1.807) is 6.92 Å². The molecule has 6 aliphatic rings. The maximum Gasteiger partial charge on any atom is 0.306 e.